The van der Waals surface area contributed by atoms with E-state index in [0.717, 1.165) is 17.7 Å². The maximum atomic E-state index is 13.2. The maximum absolute atomic E-state index is 13.2. The number of thioether (sulfide) groups is 1. The summed E-state index contributed by atoms with van der Waals surface area (Å²) in [6.45, 7) is 2.56. The van der Waals surface area contributed by atoms with Crippen molar-refractivity contribution in [1.29, 1.82) is 0 Å². The van der Waals surface area contributed by atoms with Gasteiger partial charge in [0.15, 0.2) is 5.17 Å². The highest BCUT2D eigenvalue weighted by Crippen LogP contribution is 2.32. The standard InChI is InChI=1S/C23H23N3O4S/c1-15-4-9-19(30-2)18(14-15)24-23-25(12-3-13-31-23)22(29)16-5-7-17(8-6-16)26-20(27)10-11-21(26)28/h4-9,14H,3,10-13H2,1-2H3. The molecular formula is C23H23N3O4S. The van der Waals surface area contributed by atoms with Crippen molar-refractivity contribution in [3.05, 3.63) is 53.6 Å². The minimum Gasteiger partial charge on any atom is -0.494 e. The van der Waals surface area contributed by atoms with Gasteiger partial charge in [0.25, 0.3) is 5.91 Å². The normalized spacial score (nSPS) is 18.1. The van der Waals surface area contributed by atoms with Crippen LogP contribution in [0.2, 0.25) is 0 Å². The summed E-state index contributed by atoms with van der Waals surface area (Å²) in [5, 5.41) is 0.633. The lowest BCUT2D eigenvalue weighted by molar-refractivity contribution is -0.121. The molecule has 31 heavy (non-hydrogen) atoms. The molecule has 0 radical (unpaired) electrons. The summed E-state index contributed by atoms with van der Waals surface area (Å²) < 4.78 is 5.42. The van der Waals surface area contributed by atoms with E-state index in [-0.39, 0.29) is 30.6 Å². The van der Waals surface area contributed by atoms with Crippen LogP contribution in [0.25, 0.3) is 0 Å². The van der Waals surface area contributed by atoms with Crippen LogP contribution in [0.4, 0.5) is 11.4 Å². The summed E-state index contributed by atoms with van der Waals surface area (Å²) in [5.41, 5.74) is 2.72. The molecule has 4 rings (SSSR count). The number of ether oxygens (including phenoxy) is 1. The zero-order valence-corrected chi connectivity index (χ0v) is 18.3. The van der Waals surface area contributed by atoms with Crippen molar-refractivity contribution in [3.8, 4) is 5.75 Å². The Morgan fingerprint density at radius 1 is 1.06 bits per heavy atom. The average molecular weight is 438 g/mol. The van der Waals surface area contributed by atoms with Crippen molar-refractivity contribution >= 4 is 46.0 Å². The molecule has 7 nitrogen and oxygen atoms in total. The van der Waals surface area contributed by atoms with Crippen LogP contribution in [0.15, 0.2) is 47.5 Å². The monoisotopic (exact) mass is 437 g/mol. The number of aryl methyl sites for hydroxylation is 1. The summed E-state index contributed by atoms with van der Waals surface area (Å²) in [5.74, 6) is 0.953. The number of carbonyl (C=O) groups excluding carboxylic acids is 3. The summed E-state index contributed by atoms with van der Waals surface area (Å²) in [4.78, 5) is 44.7. The molecule has 2 aromatic rings. The van der Waals surface area contributed by atoms with Gasteiger partial charge in [0.2, 0.25) is 11.8 Å². The van der Waals surface area contributed by atoms with E-state index in [1.165, 1.54) is 4.90 Å². The summed E-state index contributed by atoms with van der Waals surface area (Å²) in [7, 11) is 1.60. The molecule has 0 aliphatic carbocycles. The predicted octanol–water partition coefficient (Wildman–Crippen LogP) is 3.92. The molecule has 2 saturated heterocycles. The molecule has 0 N–H and O–H groups in total. The first-order valence-electron chi connectivity index (χ1n) is 10.1. The molecule has 0 spiro atoms. The molecule has 0 saturated carbocycles. The van der Waals surface area contributed by atoms with Gasteiger partial charge in [0.1, 0.15) is 11.4 Å². The Labute approximate surface area is 185 Å². The molecule has 0 atom stereocenters. The highest BCUT2D eigenvalue weighted by atomic mass is 32.2. The summed E-state index contributed by atoms with van der Waals surface area (Å²) in [6.07, 6.45) is 1.33. The van der Waals surface area contributed by atoms with E-state index >= 15 is 0 Å². The number of methoxy groups -OCH3 is 1. The number of hydrogen-bond acceptors (Lipinski definition) is 6. The molecule has 0 bridgehead atoms. The van der Waals surface area contributed by atoms with Crippen molar-refractivity contribution in [2.75, 3.05) is 24.3 Å². The van der Waals surface area contributed by atoms with Gasteiger partial charge in [-0.05, 0) is 55.3 Å². The fourth-order valence-electron chi connectivity index (χ4n) is 3.60. The first kappa shape index (κ1) is 21.1. The lowest BCUT2D eigenvalue weighted by Gasteiger charge is -2.28. The predicted molar refractivity (Wildman–Crippen MR) is 121 cm³/mol. The Bertz CT molecular complexity index is 1050. The Hall–Kier alpha value is -3.13. The third-order valence-corrected chi connectivity index (χ3v) is 6.27. The van der Waals surface area contributed by atoms with Gasteiger partial charge in [-0.1, -0.05) is 17.8 Å². The largest absolute Gasteiger partial charge is 0.494 e. The molecule has 0 aromatic heterocycles. The highest BCUT2D eigenvalue weighted by Gasteiger charge is 2.31. The average Bonchev–Trinajstić information content (AvgIpc) is 3.12. The van der Waals surface area contributed by atoms with Gasteiger partial charge in [-0.3, -0.25) is 24.2 Å². The smallest absolute Gasteiger partial charge is 0.259 e. The topological polar surface area (TPSA) is 79.3 Å². The Morgan fingerprint density at radius 3 is 2.45 bits per heavy atom. The van der Waals surface area contributed by atoms with E-state index < -0.39 is 0 Å². The molecule has 2 aliphatic heterocycles. The minimum atomic E-state index is -0.210. The molecule has 2 aromatic carbocycles. The molecule has 3 amide bonds. The summed E-state index contributed by atoms with van der Waals surface area (Å²) in [6, 6.07) is 12.4. The van der Waals surface area contributed by atoms with Gasteiger partial charge in [-0.2, -0.15) is 0 Å². The Morgan fingerprint density at radius 2 is 1.77 bits per heavy atom. The SMILES string of the molecule is COc1ccc(C)cc1N=C1SCCCN1C(=O)c1ccc(N2C(=O)CCC2=O)cc1. The van der Waals surface area contributed by atoms with E-state index in [2.05, 4.69) is 0 Å². The van der Waals surface area contributed by atoms with E-state index in [0.29, 0.717) is 34.4 Å². The molecule has 0 unspecified atom stereocenters. The highest BCUT2D eigenvalue weighted by molar-refractivity contribution is 8.13. The number of carbonyl (C=O) groups is 3. The first-order valence-corrected chi connectivity index (χ1v) is 11.1. The van der Waals surface area contributed by atoms with Crippen molar-refractivity contribution in [2.45, 2.75) is 26.2 Å². The van der Waals surface area contributed by atoms with E-state index in [1.807, 2.05) is 25.1 Å². The van der Waals surface area contributed by atoms with Crippen LogP contribution in [0, 0.1) is 6.92 Å². The second kappa shape index (κ2) is 8.93. The van der Waals surface area contributed by atoms with E-state index in [4.69, 9.17) is 9.73 Å². The number of anilines is 1. The lowest BCUT2D eigenvalue weighted by atomic mass is 10.1. The summed E-state index contributed by atoms with van der Waals surface area (Å²) >= 11 is 1.54. The van der Waals surface area contributed by atoms with Gasteiger partial charge in [0.05, 0.1) is 12.8 Å². The molecular weight excluding hydrogens is 414 g/mol. The maximum Gasteiger partial charge on any atom is 0.259 e. The van der Waals surface area contributed by atoms with E-state index in [9.17, 15) is 14.4 Å². The number of aliphatic imine (C=N–C) groups is 1. The number of hydrogen-bond donors (Lipinski definition) is 0. The third kappa shape index (κ3) is 4.34. The molecule has 2 fully saturated rings. The van der Waals surface area contributed by atoms with Crippen LogP contribution in [0.5, 0.6) is 5.75 Å². The van der Waals surface area contributed by atoms with Crippen LogP contribution < -0.4 is 9.64 Å². The van der Waals surface area contributed by atoms with E-state index in [1.54, 1.807) is 48.0 Å². The zero-order chi connectivity index (χ0) is 22.0. The van der Waals surface area contributed by atoms with Gasteiger partial charge in [-0.25, -0.2) is 4.99 Å². The third-order valence-electron chi connectivity index (χ3n) is 5.21. The molecule has 2 aliphatic rings. The van der Waals surface area contributed by atoms with Gasteiger partial charge < -0.3 is 4.74 Å². The van der Waals surface area contributed by atoms with Crippen molar-refractivity contribution < 1.29 is 19.1 Å². The Balaban J connectivity index is 1.60. The van der Waals surface area contributed by atoms with Gasteiger partial charge in [0, 0.05) is 30.7 Å². The quantitative estimate of drug-likeness (QED) is 0.678. The molecule has 8 heteroatoms. The van der Waals surface area contributed by atoms with Crippen molar-refractivity contribution in [2.24, 2.45) is 4.99 Å². The number of amides is 3. The van der Waals surface area contributed by atoms with Gasteiger partial charge in [-0.15, -0.1) is 0 Å². The van der Waals surface area contributed by atoms with Crippen LogP contribution in [-0.2, 0) is 9.59 Å². The second-order valence-electron chi connectivity index (χ2n) is 7.40. The van der Waals surface area contributed by atoms with Crippen LogP contribution in [-0.4, -0.2) is 47.2 Å². The van der Waals surface area contributed by atoms with Crippen LogP contribution in [0.1, 0.15) is 35.2 Å². The van der Waals surface area contributed by atoms with Gasteiger partial charge >= 0.3 is 0 Å². The second-order valence-corrected chi connectivity index (χ2v) is 8.46. The number of amidine groups is 1. The molecule has 160 valence electrons. The van der Waals surface area contributed by atoms with Crippen molar-refractivity contribution in [3.63, 3.8) is 0 Å². The lowest BCUT2D eigenvalue weighted by Crippen LogP contribution is -2.39. The van der Waals surface area contributed by atoms with Crippen molar-refractivity contribution in [1.82, 2.24) is 4.90 Å². The number of imide groups is 1. The number of rotatable bonds is 4. The Kier molecular flexibility index (Phi) is 6.08. The number of nitrogens with zero attached hydrogens (tertiary/aromatic N) is 3. The first-order chi connectivity index (χ1) is 15.0. The molecule has 2 heterocycles. The van der Waals surface area contributed by atoms with Crippen LogP contribution >= 0.6 is 11.8 Å². The number of benzene rings is 2. The minimum absolute atomic E-state index is 0.164. The zero-order valence-electron chi connectivity index (χ0n) is 17.5. The fourth-order valence-corrected chi connectivity index (χ4v) is 4.55. The fraction of sp³-hybridized carbons (Fsp3) is 0.304. The van der Waals surface area contributed by atoms with Crippen LogP contribution in [0.3, 0.4) is 0 Å².